The number of aryl methyl sites for hydroxylation is 2. The van der Waals surface area contributed by atoms with Crippen molar-refractivity contribution in [1.29, 1.82) is 0 Å². The molecule has 2 aromatic heterocycles. The second kappa shape index (κ2) is 7.75. The highest BCUT2D eigenvalue weighted by atomic mass is 32.1. The predicted molar refractivity (Wildman–Crippen MR) is 108 cm³/mol. The zero-order valence-corrected chi connectivity index (χ0v) is 16.6. The number of rotatable bonds is 5. The Labute approximate surface area is 162 Å². The molecule has 0 saturated carbocycles. The van der Waals surface area contributed by atoms with Crippen LogP contribution in [-0.4, -0.2) is 27.9 Å². The van der Waals surface area contributed by atoms with Crippen molar-refractivity contribution in [2.24, 2.45) is 7.05 Å². The van der Waals surface area contributed by atoms with Gasteiger partial charge in [0.05, 0.1) is 17.8 Å². The quantitative estimate of drug-likeness (QED) is 0.710. The summed E-state index contributed by atoms with van der Waals surface area (Å²) in [6, 6.07) is 8.03. The van der Waals surface area contributed by atoms with Gasteiger partial charge in [0.15, 0.2) is 5.13 Å². The Bertz CT molecular complexity index is 1000. The average molecular weight is 382 g/mol. The molecule has 0 fully saturated rings. The molecule has 7 heteroatoms. The Morgan fingerprint density at radius 1 is 1.22 bits per heavy atom. The lowest BCUT2D eigenvalue weighted by Gasteiger charge is -2.05. The van der Waals surface area contributed by atoms with Gasteiger partial charge in [0, 0.05) is 29.9 Å². The van der Waals surface area contributed by atoms with Gasteiger partial charge in [0.25, 0.3) is 5.91 Å². The number of aromatic nitrogens is 2. The van der Waals surface area contributed by atoms with Crippen molar-refractivity contribution in [2.75, 3.05) is 11.9 Å². The van der Waals surface area contributed by atoms with Gasteiger partial charge < -0.3 is 15.2 Å². The third-order valence-corrected chi connectivity index (χ3v) is 5.27. The standard InChI is InChI=1S/C20H22N4O2S/c1-12-6-5-7-15(8-12)17-11-27-20(22-17)23-18(25)9-21-19(26)16-10-24(4)14(3)13(16)2/h5-8,10-11H,9H2,1-4H3,(H,21,26)(H,22,23,25). The number of carbonyl (C=O) groups is 2. The van der Waals surface area contributed by atoms with E-state index in [4.69, 9.17) is 0 Å². The van der Waals surface area contributed by atoms with Crippen LogP contribution in [-0.2, 0) is 11.8 Å². The monoisotopic (exact) mass is 382 g/mol. The molecule has 0 atom stereocenters. The Morgan fingerprint density at radius 2 is 2.00 bits per heavy atom. The van der Waals surface area contributed by atoms with Crippen LogP contribution in [0.25, 0.3) is 11.3 Å². The van der Waals surface area contributed by atoms with Crippen LogP contribution in [0.2, 0.25) is 0 Å². The van der Waals surface area contributed by atoms with Gasteiger partial charge in [0.2, 0.25) is 5.91 Å². The van der Waals surface area contributed by atoms with Gasteiger partial charge in [0.1, 0.15) is 0 Å². The lowest BCUT2D eigenvalue weighted by atomic mass is 10.1. The van der Waals surface area contributed by atoms with E-state index in [0.29, 0.717) is 10.7 Å². The molecule has 0 aliphatic heterocycles. The minimum Gasteiger partial charge on any atom is -0.354 e. The number of amides is 2. The summed E-state index contributed by atoms with van der Waals surface area (Å²) in [5.41, 5.74) is 5.50. The van der Waals surface area contributed by atoms with Crippen LogP contribution in [0.3, 0.4) is 0 Å². The third-order valence-electron chi connectivity index (χ3n) is 4.52. The first kappa shape index (κ1) is 18.8. The van der Waals surface area contributed by atoms with E-state index < -0.39 is 0 Å². The Hall–Kier alpha value is -2.93. The molecule has 2 N–H and O–H groups in total. The van der Waals surface area contributed by atoms with E-state index in [2.05, 4.69) is 15.6 Å². The molecular formula is C20H22N4O2S. The fraction of sp³-hybridized carbons (Fsp3) is 0.250. The Balaban J connectivity index is 1.58. The Kier molecular flexibility index (Phi) is 5.41. The lowest BCUT2D eigenvalue weighted by Crippen LogP contribution is -2.33. The van der Waals surface area contributed by atoms with Crippen molar-refractivity contribution in [3.8, 4) is 11.3 Å². The summed E-state index contributed by atoms with van der Waals surface area (Å²) in [5.74, 6) is -0.565. The van der Waals surface area contributed by atoms with Crippen molar-refractivity contribution in [3.05, 3.63) is 58.2 Å². The van der Waals surface area contributed by atoms with Crippen molar-refractivity contribution in [3.63, 3.8) is 0 Å². The van der Waals surface area contributed by atoms with Gasteiger partial charge in [-0.25, -0.2) is 4.98 Å². The van der Waals surface area contributed by atoms with Gasteiger partial charge in [-0.3, -0.25) is 9.59 Å². The number of thiazole rings is 1. The zero-order valence-electron chi connectivity index (χ0n) is 15.8. The first-order valence-corrected chi connectivity index (χ1v) is 9.46. The van der Waals surface area contributed by atoms with E-state index in [1.165, 1.54) is 11.3 Å². The van der Waals surface area contributed by atoms with Crippen molar-refractivity contribution < 1.29 is 9.59 Å². The average Bonchev–Trinajstić information content (AvgIpc) is 3.20. The summed E-state index contributed by atoms with van der Waals surface area (Å²) in [6.45, 7) is 5.77. The van der Waals surface area contributed by atoms with E-state index in [0.717, 1.165) is 28.1 Å². The minimum atomic E-state index is -0.307. The molecule has 140 valence electrons. The highest BCUT2D eigenvalue weighted by Crippen LogP contribution is 2.25. The molecule has 6 nitrogen and oxygen atoms in total. The molecule has 2 heterocycles. The van der Waals surface area contributed by atoms with Crippen LogP contribution < -0.4 is 10.6 Å². The molecule has 3 rings (SSSR count). The molecule has 0 unspecified atom stereocenters. The third kappa shape index (κ3) is 4.25. The van der Waals surface area contributed by atoms with Gasteiger partial charge in [-0.05, 0) is 32.4 Å². The molecular weight excluding hydrogens is 360 g/mol. The summed E-state index contributed by atoms with van der Waals surface area (Å²) in [5, 5.41) is 7.81. The van der Waals surface area contributed by atoms with Crippen LogP contribution >= 0.6 is 11.3 Å². The van der Waals surface area contributed by atoms with Crippen molar-refractivity contribution in [1.82, 2.24) is 14.9 Å². The number of hydrogen-bond acceptors (Lipinski definition) is 4. The number of nitrogens with zero attached hydrogens (tertiary/aromatic N) is 2. The minimum absolute atomic E-state index is 0.106. The van der Waals surface area contributed by atoms with E-state index in [-0.39, 0.29) is 18.4 Å². The molecule has 0 spiro atoms. The van der Waals surface area contributed by atoms with Gasteiger partial charge in [-0.1, -0.05) is 23.8 Å². The lowest BCUT2D eigenvalue weighted by molar-refractivity contribution is -0.115. The second-order valence-electron chi connectivity index (χ2n) is 6.50. The number of carbonyl (C=O) groups excluding carboxylic acids is 2. The van der Waals surface area contributed by atoms with E-state index in [9.17, 15) is 9.59 Å². The summed E-state index contributed by atoms with van der Waals surface area (Å²) in [7, 11) is 1.89. The molecule has 3 aromatic rings. The van der Waals surface area contributed by atoms with E-state index in [1.54, 1.807) is 6.20 Å². The predicted octanol–water partition coefficient (Wildman–Crippen LogP) is 3.44. The van der Waals surface area contributed by atoms with E-state index >= 15 is 0 Å². The molecule has 1 aromatic carbocycles. The summed E-state index contributed by atoms with van der Waals surface area (Å²) >= 11 is 1.36. The highest BCUT2D eigenvalue weighted by Gasteiger charge is 2.15. The van der Waals surface area contributed by atoms with Crippen LogP contribution in [0.1, 0.15) is 27.2 Å². The van der Waals surface area contributed by atoms with Gasteiger partial charge >= 0.3 is 0 Å². The molecule has 0 radical (unpaired) electrons. The molecule has 0 aliphatic carbocycles. The fourth-order valence-corrected chi connectivity index (χ4v) is 3.50. The number of hydrogen-bond donors (Lipinski definition) is 2. The summed E-state index contributed by atoms with van der Waals surface area (Å²) in [6.07, 6.45) is 1.77. The number of nitrogens with one attached hydrogen (secondary N) is 2. The van der Waals surface area contributed by atoms with Crippen molar-refractivity contribution >= 4 is 28.3 Å². The molecule has 27 heavy (non-hydrogen) atoms. The largest absolute Gasteiger partial charge is 0.354 e. The molecule has 0 aliphatic rings. The first-order chi connectivity index (χ1) is 12.8. The maximum Gasteiger partial charge on any atom is 0.253 e. The highest BCUT2D eigenvalue weighted by molar-refractivity contribution is 7.14. The molecule has 0 saturated heterocycles. The van der Waals surface area contributed by atoms with Crippen LogP contribution in [0.5, 0.6) is 0 Å². The van der Waals surface area contributed by atoms with Crippen LogP contribution in [0.4, 0.5) is 5.13 Å². The second-order valence-corrected chi connectivity index (χ2v) is 7.36. The number of anilines is 1. The maximum absolute atomic E-state index is 12.3. The fourth-order valence-electron chi connectivity index (χ4n) is 2.76. The summed E-state index contributed by atoms with van der Waals surface area (Å²) < 4.78 is 1.90. The maximum atomic E-state index is 12.3. The smallest absolute Gasteiger partial charge is 0.253 e. The zero-order chi connectivity index (χ0) is 19.6. The van der Waals surface area contributed by atoms with Crippen LogP contribution in [0, 0.1) is 20.8 Å². The van der Waals surface area contributed by atoms with Crippen molar-refractivity contribution in [2.45, 2.75) is 20.8 Å². The van der Waals surface area contributed by atoms with Crippen LogP contribution in [0.15, 0.2) is 35.8 Å². The molecule has 2 amide bonds. The topological polar surface area (TPSA) is 76.0 Å². The molecule has 0 bridgehead atoms. The summed E-state index contributed by atoms with van der Waals surface area (Å²) in [4.78, 5) is 28.9. The Morgan fingerprint density at radius 3 is 2.67 bits per heavy atom. The number of benzene rings is 1. The van der Waals surface area contributed by atoms with Gasteiger partial charge in [-0.2, -0.15) is 0 Å². The first-order valence-electron chi connectivity index (χ1n) is 8.58. The SMILES string of the molecule is Cc1cccc(-c2csc(NC(=O)CNC(=O)c3cn(C)c(C)c3C)n2)c1. The van der Waals surface area contributed by atoms with Gasteiger partial charge in [-0.15, -0.1) is 11.3 Å². The van der Waals surface area contributed by atoms with E-state index in [1.807, 2.05) is 62.0 Å². The normalized spacial score (nSPS) is 10.7.